The second kappa shape index (κ2) is 6.61. The average molecular weight is 270 g/mol. The molecule has 4 heteroatoms. The molecule has 2 rings (SSSR count). The number of phenolic OH excluding ortho intramolecular Hbond substituents is 1. The molecule has 20 heavy (non-hydrogen) atoms. The molecule has 0 fully saturated rings. The van der Waals surface area contributed by atoms with E-state index in [9.17, 15) is 9.90 Å². The van der Waals surface area contributed by atoms with E-state index in [2.05, 4.69) is 5.32 Å². The Hall–Kier alpha value is -2.49. The van der Waals surface area contributed by atoms with E-state index in [0.29, 0.717) is 12.2 Å². The van der Waals surface area contributed by atoms with Gasteiger partial charge >= 0.3 is 0 Å². The fraction of sp³-hybridized carbons (Fsp3) is 0.188. The molecule has 0 saturated heterocycles. The van der Waals surface area contributed by atoms with Gasteiger partial charge in [-0.3, -0.25) is 4.79 Å². The van der Waals surface area contributed by atoms with Gasteiger partial charge in [-0.15, -0.1) is 0 Å². The number of nitrogens with zero attached hydrogens (tertiary/aromatic N) is 1. The van der Waals surface area contributed by atoms with Gasteiger partial charge in [-0.25, -0.2) is 0 Å². The number of carbonyl (C=O) groups is 1. The van der Waals surface area contributed by atoms with Crippen molar-refractivity contribution >= 4 is 17.3 Å². The number of rotatable bonds is 5. The molecule has 2 aromatic rings. The monoisotopic (exact) mass is 270 g/mol. The lowest BCUT2D eigenvalue weighted by atomic mass is 10.2. The highest BCUT2D eigenvalue weighted by Crippen LogP contribution is 2.20. The molecule has 0 aliphatic carbocycles. The molecular formula is C16H18N2O2. The summed E-state index contributed by atoms with van der Waals surface area (Å²) in [7, 11) is 0. The lowest BCUT2D eigenvalue weighted by molar-refractivity contribution is -0.116. The highest BCUT2D eigenvalue weighted by atomic mass is 16.3. The van der Waals surface area contributed by atoms with Gasteiger partial charge in [0, 0.05) is 24.0 Å². The Morgan fingerprint density at radius 2 is 1.90 bits per heavy atom. The van der Waals surface area contributed by atoms with E-state index in [1.165, 1.54) is 0 Å². The minimum atomic E-state index is -0.0399. The number of nitrogens with one attached hydrogen (secondary N) is 1. The molecule has 4 nitrogen and oxygen atoms in total. The highest BCUT2D eigenvalue weighted by Gasteiger charge is 2.13. The van der Waals surface area contributed by atoms with Gasteiger partial charge in [0.1, 0.15) is 5.75 Å². The van der Waals surface area contributed by atoms with Crippen LogP contribution in [-0.2, 0) is 4.79 Å². The molecule has 0 saturated carbocycles. The van der Waals surface area contributed by atoms with Crippen LogP contribution in [0.5, 0.6) is 5.75 Å². The Morgan fingerprint density at radius 1 is 1.15 bits per heavy atom. The van der Waals surface area contributed by atoms with Crippen LogP contribution in [0.15, 0.2) is 54.6 Å². The molecule has 1 amide bonds. The summed E-state index contributed by atoms with van der Waals surface area (Å²) in [5.41, 5.74) is 1.61. The molecule has 0 spiro atoms. The molecule has 2 N–H and O–H groups in total. The number of hydrogen-bond acceptors (Lipinski definition) is 3. The van der Waals surface area contributed by atoms with Crippen LogP contribution in [0.25, 0.3) is 0 Å². The van der Waals surface area contributed by atoms with Gasteiger partial charge in [-0.05, 0) is 31.2 Å². The number of para-hydroxylation sites is 1. The van der Waals surface area contributed by atoms with Crippen molar-refractivity contribution in [2.75, 3.05) is 23.3 Å². The number of carbonyl (C=O) groups excluding carboxylic acids is 1. The topological polar surface area (TPSA) is 52.6 Å². The van der Waals surface area contributed by atoms with E-state index in [1.807, 2.05) is 43.3 Å². The molecule has 0 radical (unpaired) electrons. The highest BCUT2D eigenvalue weighted by molar-refractivity contribution is 5.96. The maximum absolute atomic E-state index is 12.2. The second-order valence-electron chi connectivity index (χ2n) is 4.38. The third-order valence-electron chi connectivity index (χ3n) is 2.98. The minimum absolute atomic E-state index is 0.0399. The van der Waals surface area contributed by atoms with Crippen LogP contribution in [0.2, 0.25) is 0 Å². The van der Waals surface area contributed by atoms with Gasteiger partial charge in [0.25, 0.3) is 0 Å². The Morgan fingerprint density at radius 3 is 2.55 bits per heavy atom. The number of hydrogen-bond donors (Lipinski definition) is 2. The van der Waals surface area contributed by atoms with Crippen LogP contribution >= 0.6 is 0 Å². The van der Waals surface area contributed by atoms with Crippen molar-refractivity contribution in [3.8, 4) is 5.75 Å². The molecule has 0 aromatic heterocycles. The van der Waals surface area contributed by atoms with E-state index >= 15 is 0 Å². The smallest absolute Gasteiger partial charge is 0.246 e. The molecule has 0 bridgehead atoms. The molecule has 0 unspecified atom stereocenters. The second-order valence-corrected chi connectivity index (χ2v) is 4.38. The first-order valence-electron chi connectivity index (χ1n) is 6.59. The fourth-order valence-electron chi connectivity index (χ4n) is 1.99. The van der Waals surface area contributed by atoms with Crippen molar-refractivity contribution in [1.82, 2.24) is 0 Å². The van der Waals surface area contributed by atoms with Crippen molar-refractivity contribution in [2.24, 2.45) is 0 Å². The van der Waals surface area contributed by atoms with E-state index in [0.717, 1.165) is 5.69 Å². The molecule has 0 heterocycles. The predicted molar refractivity (Wildman–Crippen MR) is 81.1 cm³/mol. The van der Waals surface area contributed by atoms with Crippen molar-refractivity contribution < 1.29 is 9.90 Å². The van der Waals surface area contributed by atoms with Crippen molar-refractivity contribution in [3.63, 3.8) is 0 Å². The largest absolute Gasteiger partial charge is 0.508 e. The number of anilines is 2. The standard InChI is InChI=1S/C16H18N2O2/c1-2-18(14-9-6-10-15(19)11-14)16(20)12-17-13-7-4-3-5-8-13/h3-11,17,19H,2,12H2,1H3. The number of likely N-dealkylation sites (N-methyl/N-ethyl adjacent to an activating group) is 1. The summed E-state index contributed by atoms with van der Waals surface area (Å²) < 4.78 is 0. The summed E-state index contributed by atoms with van der Waals surface area (Å²) in [6.45, 7) is 2.68. The first kappa shape index (κ1) is 13.9. The van der Waals surface area contributed by atoms with Crippen molar-refractivity contribution in [1.29, 1.82) is 0 Å². The lowest BCUT2D eigenvalue weighted by Crippen LogP contribution is -2.35. The Balaban J connectivity index is 2.02. The molecule has 0 atom stereocenters. The molecule has 0 aliphatic rings. The first-order chi connectivity index (χ1) is 9.70. The third kappa shape index (κ3) is 3.51. The fourth-order valence-corrected chi connectivity index (χ4v) is 1.99. The average Bonchev–Trinajstić information content (AvgIpc) is 2.47. The first-order valence-corrected chi connectivity index (χ1v) is 6.59. The normalized spacial score (nSPS) is 10.1. The summed E-state index contributed by atoms with van der Waals surface area (Å²) in [5, 5.41) is 12.6. The zero-order valence-corrected chi connectivity index (χ0v) is 11.4. The van der Waals surface area contributed by atoms with E-state index in [-0.39, 0.29) is 18.2 Å². The van der Waals surface area contributed by atoms with E-state index in [1.54, 1.807) is 23.1 Å². The zero-order chi connectivity index (χ0) is 14.4. The zero-order valence-electron chi connectivity index (χ0n) is 11.4. The summed E-state index contributed by atoms with van der Waals surface area (Å²) >= 11 is 0. The van der Waals surface area contributed by atoms with Crippen LogP contribution < -0.4 is 10.2 Å². The minimum Gasteiger partial charge on any atom is -0.508 e. The number of benzene rings is 2. The van der Waals surface area contributed by atoms with E-state index in [4.69, 9.17) is 0 Å². The van der Waals surface area contributed by atoms with Crippen LogP contribution in [0, 0.1) is 0 Å². The van der Waals surface area contributed by atoms with Crippen LogP contribution in [0.3, 0.4) is 0 Å². The Bertz CT molecular complexity index is 570. The van der Waals surface area contributed by atoms with Crippen LogP contribution in [0.1, 0.15) is 6.92 Å². The summed E-state index contributed by atoms with van der Waals surface area (Å²) in [4.78, 5) is 13.9. The maximum Gasteiger partial charge on any atom is 0.246 e. The van der Waals surface area contributed by atoms with Crippen molar-refractivity contribution in [3.05, 3.63) is 54.6 Å². The number of phenols is 1. The predicted octanol–water partition coefficient (Wildman–Crippen LogP) is 2.86. The molecular weight excluding hydrogens is 252 g/mol. The van der Waals surface area contributed by atoms with Gasteiger partial charge in [0.15, 0.2) is 0 Å². The quantitative estimate of drug-likeness (QED) is 0.878. The summed E-state index contributed by atoms with van der Waals surface area (Å²) in [6, 6.07) is 16.3. The Labute approximate surface area is 118 Å². The van der Waals surface area contributed by atoms with Crippen LogP contribution in [-0.4, -0.2) is 24.1 Å². The Kier molecular flexibility index (Phi) is 4.60. The summed E-state index contributed by atoms with van der Waals surface area (Å²) in [5.74, 6) is 0.117. The number of aromatic hydroxyl groups is 1. The maximum atomic E-state index is 12.2. The summed E-state index contributed by atoms with van der Waals surface area (Å²) in [6.07, 6.45) is 0. The van der Waals surface area contributed by atoms with Gasteiger partial charge in [0.2, 0.25) is 5.91 Å². The van der Waals surface area contributed by atoms with Crippen molar-refractivity contribution in [2.45, 2.75) is 6.92 Å². The molecule has 2 aromatic carbocycles. The molecule has 104 valence electrons. The van der Waals surface area contributed by atoms with Gasteiger partial charge in [-0.2, -0.15) is 0 Å². The number of amides is 1. The molecule has 0 aliphatic heterocycles. The van der Waals surface area contributed by atoms with Crippen LogP contribution in [0.4, 0.5) is 11.4 Å². The third-order valence-corrected chi connectivity index (χ3v) is 2.98. The lowest BCUT2D eigenvalue weighted by Gasteiger charge is -2.21. The van der Waals surface area contributed by atoms with Gasteiger partial charge in [0.05, 0.1) is 6.54 Å². The SMILES string of the molecule is CCN(C(=O)CNc1ccccc1)c1cccc(O)c1. The van der Waals surface area contributed by atoms with Gasteiger partial charge in [-0.1, -0.05) is 24.3 Å². The van der Waals surface area contributed by atoms with E-state index < -0.39 is 0 Å². The van der Waals surface area contributed by atoms with Gasteiger partial charge < -0.3 is 15.3 Å².